The smallest absolute Gasteiger partial charge is 0.103 e. The van der Waals surface area contributed by atoms with Gasteiger partial charge in [-0.25, -0.2) is 0 Å². The van der Waals surface area contributed by atoms with Crippen molar-refractivity contribution < 1.29 is 5.11 Å². The maximum atomic E-state index is 9.25. The largest absolute Gasteiger partial charge is 0.385 e. The minimum absolute atomic E-state index is 0.279. The summed E-state index contributed by atoms with van der Waals surface area (Å²) in [5.74, 6) is 0. The molecule has 1 aliphatic rings. The number of hydrogen-bond donors (Lipinski definition) is 4. The summed E-state index contributed by atoms with van der Waals surface area (Å²) in [7, 11) is 0. The van der Waals surface area contributed by atoms with Crippen molar-refractivity contribution in [2.75, 3.05) is 6.54 Å². The van der Waals surface area contributed by atoms with Gasteiger partial charge in [0.25, 0.3) is 0 Å². The van der Waals surface area contributed by atoms with E-state index in [1.54, 1.807) is 18.2 Å². The van der Waals surface area contributed by atoms with Crippen LogP contribution < -0.4 is 17.2 Å². The number of hydrogen-bond acceptors (Lipinski definition) is 4. The molecule has 0 saturated carbocycles. The molecule has 0 aromatic heterocycles. The normalized spacial score (nSPS) is 28.4. The van der Waals surface area contributed by atoms with E-state index in [9.17, 15) is 5.11 Å². The summed E-state index contributed by atoms with van der Waals surface area (Å²) in [5.41, 5.74) is 16.2. The number of aliphatic hydroxyl groups is 1. The summed E-state index contributed by atoms with van der Waals surface area (Å²) in [6, 6.07) is 0. The van der Waals surface area contributed by atoms with Gasteiger partial charge in [0.1, 0.15) is 5.66 Å². The van der Waals surface area contributed by atoms with Crippen molar-refractivity contribution in [1.29, 1.82) is 0 Å². The molecule has 0 aromatic carbocycles. The Labute approximate surface area is 65.4 Å². The fraction of sp³-hybridized carbons (Fsp3) is 0.429. The van der Waals surface area contributed by atoms with Gasteiger partial charge in [0.2, 0.25) is 0 Å². The lowest BCUT2D eigenvalue weighted by molar-refractivity contribution is 0.252. The molecule has 1 unspecified atom stereocenters. The van der Waals surface area contributed by atoms with Gasteiger partial charge in [-0.05, 0) is 17.7 Å². The molecular weight excluding hydrogens is 142 g/mol. The first-order chi connectivity index (χ1) is 5.05. The molecule has 0 aliphatic heterocycles. The monoisotopic (exact) mass is 155 g/mol. The maximum absolute atomic E-state index is 9.25. The van der Waals surface area contributed by atoms with Crippen LogP contribution in [-0.2, 0) is 0 Å². The van der Waals surface area contributed by atoms with Crippen molar-refractivity contribution in [3.8, 4) is 0 Å². The molecule has 0 heterocycles. The topological polar surface area (TPSA) is 98.3 Å². The van der Waals surface area contributed by atoms with E-state index >= 15 is 0 Å². The molecule has 0 aromatic rings. The average Bonchev–Trinajstić information content (AvgIpc) is 1.94. The second-order valence-corrected chi connectivity index (χ2v) is 2.73. The highest BCUT2D eigenvalue weighted by molar-refractivity contribution is 5.31. The van der Waals surface area contributed by atoms with Crippen molar-refractivity contribution >= 4 is 0 Å². The van der Waals surface area contributed by atoms with E-state index in [1.807, 2.05) is 0 Å². The minimum atomic E-state index is -0.950. The molecule has 0 spiro atoms. The molecule has 0 radical (unpaired) electrons. The van der Waals surface area contributed by atoms with Gasteiger partial charge in [-0.1, -0.05) is 6.08 Å². The Hall–Kier alpha value is -0.680. The van der Waals surface area contributed by atoms with E-state index in [1.165, 1.54) is 0 Å². The summed E-state index contributed by atoms with van der Waals surface area (Å²) in [5, 5.41) is 9.25. The lowest BCUT2D eigenvalue weighted by Gasteiger charge is -2.24. The van der Waals surface area contributed by atoms with Crippen LogP contribution in [0.25, 0.3) is 0 Å². The predicted octanol–water partition coefficient (Wildman–Crippen LogP) is -1.58. The molecule has 1 atom stereocenters. The number of rotatable bonds is 1. The Morgan fingerprint density at radius 3 is 2.64 bits per heavy atom. The van der Waals surface area contributed by atoms with Crippen LogP contribution in [-0.4, -0.2) is 23.4 Å². The minimum Gasteiger partial charge on any atom is -0.385 e. The van der Waals surface area contributed by atoms with E-state index in [4.69, 9.17) is 17.2 Å². The van der Waals surface area contributed by atoms with Crippen LogP contribution in [0.5, 0.6) is 0 Å². The molecular formula is C7H13N3O. The van der Waals surface area contributed by atoms with Crippen molar-refractivity contribution in [3.63, 3.8) is 0 Å². The van der Waals surface area contributed by atoms with Crippen LogP contribution in [0.1, 0.15) is 0 Å². The first-order valence-electron chi connectivity index (χ1n) is 3.42. The van der Waals surface area contributed by atoms with Crippen molar-refractivity contribution in [2.24, 2.45) is 17.2 Å². The molecule has 7 N–H and O–H groups in total. The van der Waals surface area contributed by atoms with Gasteiger partial charge in [-0.2, -0.15) is 0 Å². The Morgan fingerprint density at radius 2 is 2.18 bits per heavy atom. The third kappa shape index (κ3) is 1.87. The standard InChI is InChI=1S/C7H13N3O/c8-4-5-3-7(9,10)2-1-6(5)11/h1-3,6,11H,4,8-10H2. The van der Waals surface area contributed by atoms with Gasteiger partial charge in [-0.3, -0.25) is 0 Å². The van der Waals surface area contributed by atoms with E-state index in [0.29, 0.717) is 5.57 Å². The highest BCUT2D eigenvalue weighted by Crippen LogP contribution is 2.13. The first-order valence-corrected chi connectivity index (χ1v) is 3.42. The van der Waals surface area contributed by atoms with E-state index in [0.717, 1.165) is 0 Å². The van der Waals surface area contributed by atoms with Crippen LogP contribution in [0.15, 0.2) is 23.8 Å². The number of nitrogens with two attached hydrogens (primary N) is 3. The second-order valence-electron chi connectivity index (χ2n) is 2.73. The summed E-state index contributed by atoms with van der Waals surface area (Å²) in [6.45, 7) is 0.279. The second kappa shape index (κ2) is 2.75. The molecule has 11 heavy (non-hydrogen) atoms. The highest BCUT2D eigenvalue weighted by Gasteiger charge is 2.20. The first kappa shape index (κ1) is 8.42. The van der Waals surface area contributed by atoms with Gasteiger partial charge in [-0.15, -0.1) is 0 Å². The van der Waals surface area contributed by atoms with Gasteiger partial charge < -0.3 is 22.3 Å². The zero-order valence-corrected chi connectivity index (χ0v) is 6.20. The average molecular weight is 155 g/mol. The third-order valence-corrected chi connectivity index (χ3v) is 1.62. The summed E-state index contributed by atoms with van der Waals surface area (Å²) < 4.78 is 0. The summed E-state index contributed by atoms with van der Waals surface area (Å²) in [6.07, 6.45) is 4.05. The van der Waals surface area contributed by atoms with Gasteiger partial charge in [0, 0.05) is 6.54 Å². The number of aliphatic hydroxyl groups excluding tert-OH is 1. The predicted molar refractivity (Wildman–Crippen MR) is 43.4 cm³/mol. The summed E-state index contributed by atoms with van der Waals surface area (Å²) in [4.78, 5) is 0. The molecule has 0 bridgehead atoms. The lowest BCUT2D eigenvalue weighted by atomic mass is 9.96. The third-order valence-electron chi connectivity index (χ3n) is 1.62. The van der Waals surface area contributed by atoms with Crippen molar-refractivity contribution in [3.05, 3.63) is 23.8 Å². The van der Waals surface area contributed by atoms with Gasteiger partial charge in [0.05, 0.1) is 6.10 Å². The fourth-order valence-electron chi connectivity index (χ4n) is 1.02. The molecule has 0 amide bonds. The molecule has 62 valence electrons. The van der Waals surface area contributed by atoms with Crippen LogP contribution in [0.3, 0.4) is 0 Å². The zero-order valence-electron chi connectivity index (χ0n) is 6.20. The van der Waals surface area contributed by atoms with E-state index in [-0.39, 0.29) is 6.54 Å². The molecule has 4 heteroatoms. The Morgan fingerprint density at radius 1 is 1.55 bits per heavy atom. The quantitative estimate of drug-likeness (QED) is 0.271. The van der Waals surface area contributed by atoms with Gasteiger partial charge >= 0.3 is 0 Å². The van der Waals surface area contributed by atoms with Crippen LogP contribution >= 0.6 is 0 Å². The Kier molecular flexibility index (Phi) is 2.10. The van der Waals surface area contributed by atoms with Gasteiger partial charge in [0.15, 0.2) is 0 Å². The highest BCUT2D eigenvalue weighted by atomic mass is 16.3. The fourth-order valence-corrected chi connectivity index (χ4v) is 1.02. The SMILES string of the molecule is NCC1=CC(N)(N)C=CC1O. The molecule has 4 nitrogen and oxygen atoms in total. The van der Waals surface area contributed by atoms with Crippen LogP contribution in [0.4, 0.5) is 0 Å². The Balaban J connectivity index is 2.84. The maximum Gasteiger partial charge on any atom is 0.103 e. The molecule has 1 aliphatic carbocycles. The Bertz CT molecular complexity index is 208. The lowest BCUT2D eigenvalue weighted by Crippen LogP contribution is -2.48. The van der Waals surface area contributed by atoms with Crippen molar-refractivity contribution in [2.45, 2.75) is 11.8 Å². The van der Waals surface area contributed by atoms with Crippen LogP contribution in [0.2, 0.25) is 0 Å². The van der Waals surface area contributed by atoms with Crippen molar-refractivity contribution in [1.82, 2.24) is 0 Å². The van der Waals surface area contributed by atoms with Crippen LogP contribution in [0, 0.1) is 0 Å². The molecule has 0 saturated heterocycles. The molecule has 0 fully saturated rings. The zero-order chi connectivity index (χ0) is 8.48. The molecule has 1 rings (SSSR count). The van der Waals surface area contributed by atoms with E-state index < -0.39 is 11.8 Å². The summed E-state index contributed by atoms with van der Waals surface area (Å²) >= 11 is 0. The van der Waals surface area contributed by atoms with E-state index in [2.05, 4.69) is 0 Å².